The molecule has 7 nitrogen and oxygen atoms in total. The number of amides is 2. The molecule has 1 heterocycles. The van der Waals surface area contributed by atoms with Crippen molar-refractivity contribution in [2.75, 3.05) is 0 Å². The second kappa shape index (κ2) is 6.92. The molecule has 0 unspecified atom stereocenters. The summed E-state index contributed by atoms with van der Waals surface area (Å²) in [6.45, 7) is 6.06. The largest absolute Gasteiger partial charge is 0.471 e. The number of carbonyl (C=O) groups excluding carboxylic acids is 1. The van der Waals surface area contributed by atoms with Crippen molar-refractivity contribution in [2.45, 2.75) is 69.1 Å². The van der Waals surface area contributed by atoms with E-state index in [0.29, 0.717) is 0 Å². The Morgan fingerprint density at radius 2 is 1.91 bits per heavy atom. The summed E-state index contributed by atoms with van der Waals surface area (Å²) in [6.07, 6.45) is 5.71. The highest BCUT2D eigenvalue weighted by Crippen LogP contribution is 2.25. The van der Waals surface area contributed by atoms with Gasteiger partial charge in [0.15, 0.2) is 0 Å². The van der Waals surface area contributed by atoms with Crippen LogP contribution in [0, 0.1) is 0 Å². The highest BCUT2D eigenvalue weighted by molar-refractivity contribution is 7.90. The van der Waals surface area contributed by atoms with E-state index in [1.807, 2.05) is 25.5 Å². The van der Waals surface area contributed by atoms with Gasteiger partial charge in [0.05, 0.1) is 18.0 Å². The minimum absolute atomic E-state index is 0.0469. The summed E-state index contributed by atoms with van der Waals surface area (Å²) in [5.41, 5.74) is -0.180. The lowest BCUT2D eigenvalue weighted by molar-refractivity contribution is -0.0755. The molecular formula is C15H24N2O5S. The Bertz CT molecular complexity index is 611. The van der Waals surface area contributed by atoms with Gasteiger partial charge in [-0.25, -0.2) is 17.9 Å². The molecule has 8 heteroatoms. The van der Waals surface area contributed by atoms with Gasteiger partial charge < -0.3 is 14.5 Å². The molecule has 0 spiro atoms. The van der Waals surface area contributed by atoms with Gasteiger partial charge in [-0.15, -0.1) is 0 Å². The molecule has 0 radical (unpaired) electrons. The number of furan rings is 1. The van der Waals surface area contributed by atoms with E-state index >= 15 is 0 Å². The average Bonchev–Trinajstić information content (AvgIpc) is 2.93. The molecule has 1 aliphatic carbocycles. The second-order valence-electron chi connectivity index (χ2n) is 6.74. The van der Waals surface area contributed by atoms with E-state index in [4.69, 9.17) is 9.15 Å². The van der Waals surface area contributed by atoms with Crippen molar-refractivity contribution in [3.05, 3.63) is 18.6 Å². The third-order valence-electron chi connectivity index (χ3n) is 3.56. The summed E-state index contributed by atoms with van der Waals surface area (Å²) in [6, 6.07) is 0.519. The monoisotopic (exact) mass is 344 g/mol. The fourth-order valence-corrected chi connectivity index (χ4v) is 3.46. The van der Waals surface area contributed by atoms with E-state index in [-0.39, 0.29) is 22.6 Å². The number of nitrogens with one attached hydrogen (secondary N) is 2. The molecule has 1 aliphatic rings. The molecule has 2 N–H and O–H groups in total. The van der Waals surface area contributed by atoms with E-state index in [9.17, 15) is 13.2 Å². The van der Waals surface area contributed by atoms with Crippen LogP contribution in [0.4, 0.5) is 4.79 Å². The van der Waals surface area contributed by atoms with Crippen LogP contribution in [0.5, 0.6) is 0 Å². The van der Waals surface area contributed by atoms with Crippen LogP contribution in [0.25, 0.3) is 0 Å². The highest BCUT2D eigenvalue weighted by atomic mass is 32.2. The van der Waals surface area contributed by atoms with Crippen molar-refractivity contribution in [3.63, 3.8) is 0 Å². The Kier molecular flexibility index (Phi) is 5.36. The van der Waals surface area contributed by atoms with Crippen LogP contribution in [-0.4, -0.2) is 32.2 Å². The first-order valence-corrected chi connectivity index (χ1v) is 9.17. The van der Waals surface area contributed by atoms with E-state index in [0.717, 1.165) is 31.9 Å². The van der Waals surface area contributed by atoms with E-state index in [1.54, 1.807) is 0 Å². The maximum atomic E-state index is 11.9. The van der Waals surface area contributed by atoms with Crippen molar-refractivity contribution in [1.29, 1.82) is 0 Å². The minimum Gasteiger partial charge on any atom is -0.471 e. The molecule has 2 rings (SSSR count). The fourth-order valence-electron chi connectivity index (χ4n) is 2.63. The van der Waals surface area contributed by atoms with Gasteiger partial charge in [-0.1, -0.05) is 0 Å². The first-order chi connectivity index (χ1) is 10.7. The molecule has 0 aliphatic heterocycles. The Morgan fingerprint density at radius 1 is 1.26 bits per heavy atom. The van der Waals surface area contributed by atoms with Gasteiger partial charge in [0.25, 0.3) is 10.0 Å². The summed E-state index contributed by atoms with van der Waals surface area (Å²) in [4.78, 5) is 11.8. The number of ether oxygens (including phenoxy) is 1. The Morgan fingerprint density at radius 3 is 2.43 bits per heavy atom. The molecule has 23 heavy (non-hydrogen) atoms. The van der Waals surface area contributed by atoms with Crippen molar-refractivity contribution in [3.8, 4) is 0 Å². The van der Waals surface area contributed by atoms with Gasteiger partial charge in [-0.2, -0.15) is 0 Å². The van der Waals surface area contributed by atoms with Crippen LogP contribution < -0.4 is 10.0 Å². The smallest absolute Gasteiger partial charge is 0.328 e. The normalized spacial score (nSPS) is 22.6. The average molecular weight is 344 g/mol. The number of rotatable bonds is 4. The van der Waals surface area contributed by atoms with E-state index in [2.05, 4.69) is 5.32 Å². The van der Waals surface area contributed by atoms with E-state index < -0.39 is 16.1 Å². The first-order valence-electron chi connectivity index (χ1n) is 7.69. The van der Waals surface area contributed by atoms with Gasteiger partial charge in [-0.05, 0) is 52.5 Å². The molecule has 1 saturated carbocycles. The third-order valence-corrected chi connectivity index (χ3v) is 4.87. The van der Waals surface area contributed by atoms with Crippen LogP contribution >= 0.6 is 0 Å². The quantitative estimate of drug-likeness (QED) is 0.874. The van der Waals surface area contributed by atoms with Crippen molar-refractivity contribution < 1.29 is 22.4 Å². The van der Waals surface area contributed by atoms with Crippen molar-refractivity contribution in [1.82, 2.24) is 10.0 Å². The SMILES string of the molecule is CC(C)(C)OC1CCC(NC(=O)NS(=O)(=O)c2ccoc2)CC1. The maximum Gasteiger partial charge on any atom is 0.328 e. The molecule has 1 aromatic heterocycles. The third kappa shape index (κ3) is 5.54. The van der Waals surface area contributed by atoms with E-state index in [1.165, 1.54) is 12.3 Å². The van der Waals surface area contributed by atoms with Crippen molar-refractivity contribution >= 4 is 16.1 Å². The minimum atomic E-state index is -3.88. The predicted molar refractivity (Wildman–Crippen MR) is 84.4 cm³/mol. The predicted octanol–water partition coefficient (Wildman–Crippen LogP) is 2.39. The van der Waals surface area contributed by atoms with Crippen LogP contribution in [0.3, 0.4) is 0 Å². The molecule has 0 bridgehead atoms. The van der Waals surface area contributed by atoms with Gasteiger partial charge in [0.1, 0.15) is 11.2 Å². The lowest BCUT2D eigenvalue weighted by atomic mass is 9.92. The van der Waals surface area contributed by atoms with Crippen LogP contribution in [0.1, 0.15) is 46.5 Å². The summed E-state index contributed by atoms with van der Waals surface area (Å²) in [5.74, 6) is 0. The molecular weight excluding hydrogens is 320 g/mol. The Hall–Kier alpha value is -1.54. The summed E-state index contributed by atoms with van der Waals surface area (Å²) >= 11 is 0. The Labute approximate surface area is 136 Å². The summed E-state index contributed by atoms with van der Waals surface area (Å²) in [5, 5.41) is 2.70. The van der Waals surface area contributed by atoms with Crippen LogP contribution in [0.15, 0.2) is 27.9 Å². The standard InChI is InChI=1S/C15H24N2O5S/c1-15(2,3)22-12-6-4-11(5-7-12)16-14(18)17-23(19,20)13-8-9-21-10-13/h8-12H,4-7H2,1-3H3,(H2,16,17,18). The molecule has 0 saturated heterocycles. The topological polar surface area (TPSA) is 97.6 Å². The second-order valence-corrected chi connectivity index (χ2v) is 8.42. The highest BCUT2D eigenvalue weighted by Gasteiger charge is 2.27. The number of hydrogen-bond acceptors (Lipinski definition) is 5. The lowest BCUT2D eigenvalue weighted by Crippen LogP contribution is -2.46. The van der Waals surface area contributed by atoms with Crippen molar-refractivity contribution in [2.24, 2.45) is 0 Å². The van der Waals surface area contributed by atoms with Crippen LogP contribution in [-0.2, 0) is 14.8 Å². The zero-order valence-electron chi connectivity index (χ0n) is 13.7. The number of hydrogen-bond donors (Lipinski definition) is 2. The van der Waals surface area contributed by atoms with Gasteiger partial charge in [0.2, 0.25) is 0 Å². The zero-order valence-corrected chi connectivity index (χ0v) is 14.5. The first kappa shape index (κ1) is 17.8. The van der Waals surface area contributed by atoms with Gasteiger partial charge in [-0.3, -0.25) is 0 Å². The fraction of sp³-hybridized carbons (Fsp3) is 0.667. The number of urea groups is 1. The maximum absolute atomic E-state index is 11.9. The van der Waals surface area contributed by atoms with Gasteiger partial charge in [0, 0.05) is 6.04 Å². The number of carbonyl (C=O) groups is 1. The lowest BCUT2D eigenvalue weighted by Gasteiger charge is -2.33. The van der Waals surface area contributed by atoms with Crippen LogP contribution in [0.2, 0.25) is 0 Å². The molecule has 0 aromatic carbocycles. The molecule has 1 fully saturated rings. The molecule has 0 atom stereocenters. The molecule has 2 amide bonds. The summed E-state index contributed by atoms with van der Waals surface area (Å²) < 4.78 is 36.4. The molecule has 1 aromatic rings. The number of sulfonamides is 1. The summed E-state index contributed by atoms with van der Waals surface area (Å²) in [7, 11) is -3.88. The Balaban J connectivity index is 1.79. The molecule has 130 valence electrons. The zero-order chi connectivity index (χ0) is 17.1. The van der Waals surface area contributed by atoms with Gasteiger partial charge >= 0.3 is 6.03 Å².